The molecule has 0 spiro atoms. The van der Waals surface area contributed by atoms with Gasteiger partial charge < -0.3 is 10.6 Å². The van der Waals surface area contributed by atoms with Gasteiger partial charge in [0.15, 0.2) is 5.82 Å². The maximum absolute atomic E-state index is 13.3. The van der Waals surface area contributed by atoms with Crippen molar-refractivity contribution in [2.45, 2.75) is 18.9 Å². The second kappa shape index (κ2) is 7.58. The average molecular weight is 349 g/mol. The highest BCUT2D eigenvalue weighted by atomic mass is 19.1. The van der Waals surface area contributed by atoms with E-state index in [1.807, 2.05) is 24.3 Å². The molecule has 1 atom stereocenters. The zero-order valence-electron chi connectivity index (χ0n) is 14.3. The van der Waals surface area contributed by atoms with Gasteiger partial charge in [-0.15, -0.1) is 0 Å². The molecule has 26 heavy (non-hydrogen) atoms. The maximum atomic E-state index is 13.3. The second-order valence-electron chi connectivity index (χ2n) is 6.37. The van der Waals surface area contributed by atoms with Crippen LogP contribution in [-0.2, 0) is 0 Å². The first kappa shape index (κ1) is 16.6. The Labute approximate surface area is 151 Å². The van der Waals surface area contributed by atoms with Crippen molar-refractivity contribution in [1.82, 2.24) is 20.3 Å². The molecule has 5 nitrogen and oxygen atoms in total. The lowest BCUT2D eigenvalue weighted by Crippen LogP contribution is -2.38. The van der Waals surface area contributed by atoms with Crippen molar-refractivity contribution in [3.63, 3.8) is 0 Å². The molecule has 132 valence electrons. The van der Waals surface area contributed by atoms with Gasteiger partial charge in [0.1, 0.15) is 11.6 Å². The molecule has 3 aromatic rings. The van der Waals surface area contributed by atoms with Crippen LogP contribution in [0, 0.1) is 5.82 Å². The lowest BCUT2D eigenvalue weighted by Gasteiger charge is -2.24. The van der Waals surface area contributed by atoms with E-state index in [1.165, 1.54) is 12.1 Å². The third-order valence-corrected chi connectivity index (χ3v) is 4.40. The van der Waals surface area contributed by atoms with Crippen molar-refractivity contribution in [3.05, 3.63) is 60.5 Å². The summed E-state index contributed by atoms with van der Waals surface area (Å²) in [6, 6.07) is 14.2. The molecule has 0 amide bonds. The fourth-order valence-corrected chi connectivity index (χ4v) is 3.08. The van der Waals surface area contributed by atoms with Crippen molar-refractivity contribution >= 4 is 5.82 Å². The number of piperidine rings is 1. The van der Waals surface area contributed by atoms with E-state index in [0.29, 0.717) is 11.9 Å². The van der Waals surface area contributed by atoms with Gasteiger partial charge in [-0.2, -0.15) is 0 Å². The lowest BCUT2D eigenvalue weighted by molar-refractivity contribution is 0.479. The number of benzene rings is 1. The van der Waals surface area contributed by atoms with Gasteiger partial charge in [0.2, 0.25) is 0 Å². The SMILES string of the molecule is Fc1ccc(-c2nc(NC3CCCNC3)cc(-c3ccccn3)n2)cc1. The maximum Gasteiger partial charge on any atom is 0.162 e. The van der Waals surface area contributed by atoms with E-state index in [0.717, 1.165) is 48.7 Å². The Bertz CT molecular complexity index is 861. The number of hydrogen-bond donors (Lipinski definition) is 2. The van der Waals surface area contributed by atoms with Gasteiger partial charge in [0.05, 0.1) is 11.4 Å². The summed E-state index contributed by atoms with van der Waals surface area (Å²) in [6.45, 7) is 1.97. The predicted octanol–water partition coefficient (Wildman–Crippen LogP) is 3.51. The van der Waals surface area contributed by atoms with Crippen LogP contribution in [0.4, 0.5) is 10.2 Å². The third-order valence-electron chi connectivity index (χ3n) is 4.40. The standard InChI is InChI=1S/C20H20FN5/c21-15-8-6-14(7-9-15)20-25-18(17-5-1-2-11-23-17)12-19(26-20)24-16-4-3-10-22-13-16/h1-2,5-9,11-12,16,22H,3-4,10,13H2,(H,24,25,26). The minimum Gasteiger partial charge on any atom is -0.366 e. The van der Waals surface area contributed by atoms with Crippen LogP contribution in [0.25, 0.3) is 22.8 Å². The average Bonchev–Trinajstić information content (AvgIpc) is 2.70. The number of halogens is 1. The Hall–Kier alpha value is -2.86. The van der Waals surface area contributed by atoms with Gasteiger partial charge >= 0.3 is 0 Å². The van der Waals surface area contributed by atoms with Gasteiger partial charge in [0, 0.05) is 30.4 Å². The normalized spacial score (nSPS) is 17.0. The quantitative estimate of drug-likeness (QED) is 0.755. The first-order chi connectivity index (χ1) is 12.8. The molecule has 2 aromatic heterocycles. The largest absolute Gasteiger partial charge is 0.366 e. The molecular formula is C20H20FN5. The predicted molar refractivity (Wildman–Crippen MR) is 100 cm³/mol. The van der Waals surface area contributed by atoms with Gasteiger partial charge in [-0.3, -0.25) is 4.98 Å². The molecule has 6 heteroatoms. The van der Waals surface area contributed by atoms with Gasteiger partial charge in [-0.25, -0.2) is 14.4 Å². The van der Waals surface area contributed by atoms with Crippen LogP contribution in [-0.4, -0.2) is 34.1 Å². The molecule has 1 aliphatic rings. The minimum atomic E-state index is -0.277. The van der Waals surface area contributed by atoms with Crippen LogP contribution in [0.15, 0.2) is 54.7 Å². The fourth-order valence-electron chi connectivity index (χ4n) is 3.08. The summed E-state index contributed by atoms with van der Waals surface area (Å²) in [5, 5.41) is 6.89. The number of aromatic nitrogens is 3. The zero-order valence-corrected chi connectivity index (χ0v) is 14.3. The molecule has 2 N–H and O–H groups in total. The number of pyridine rings is 1. The summed E-state index contributed by atoms with van der Waals surface area (Å²) in [5.74, 6) is 1.04. The molecule has 1 aromatic carbocycles. The summed E-state index contributed by atoms with van der Waals surface area (Å²) in [6.07, 6.45) is 3.98. The van der Waals surface area contributed by atoms with Gasteiger partial charge in [-0.1, -0.05) is 6.07 Å². The lowest BCUT2D eigenvalue weighted by atomic mass is 10.1. The molecule has 0 saturated carbocycles. The molecule has 0 aliphatic carbocycles. The monoisotopic (exact) mass is 349 g/mol. The fraction of sp³-hybridized carbons (Fsp3) is 0.250. The van der Waals surface area contributed by atoms with Crippen LogP contribution in [0.1, 0.15) is 12.8 Å². The molecule has 1 fully saturated rings. The number of rotatable bonds is 4. The van der Waals surface area contributed by atoms with E-state index in [4.69, 9.17) is 0 Å². The Kier molecular flexibility index (Phi) is 4.84. The summed E-state index contributed by atoms with van der Waals surface area (Å²) in [4.78, 5) is 13.7. The molecule has 0 bridgehead atoms. The van der Waals surface area contributed by atoms with Crippen LogP contribution >= 0.6 is 0 Å². The Balaban J connectivity index is 1.72. The van der Waals surface area contributed by atoms with Crippen LogP contribution in [0.3, 0.4) is 0 Å². The van der Waals surface area contributed by atoms with E-state index in [1.54, 1.807) is 18.3 Å². The van der Waals surface area contributed by atoms with Crippen LogP contribution < -0.4 is 10.6 Å². The molecule has 1 unspecified atom stereocenters. The first-order valence-electron chi connectivity index (χ1n) is 8.81. The minimum absolute atomic E-state index is 0.277. The number of nitrogens with zero attached hydrogens (tertiary/aromatic N) is 3. The van der Waals surface area contributed by atoms with Crippen LogP contribution in [0.5, 0.6) is 0 Å². The second-order valence-corrected chi connectivity index (χ2v) is 6.37. The van der Waals surface area contributed by atoms with E-state index < -0.39 is 0 Å². The summed E-state index contributed by atoms with van der Waals surface area (Å²) in [7, 11) is 0. The van der Waals surface area contributed by atoms with Crippen molar-refractivity contribution in [2.24, 2.45) is 0 Å². The van der Waals surface area contributed by atoms with E-state index >= 15 is 0 Å². The van der Waals surface area contributed by atoms with E-state index in [-0.39, 0.29) is 5.82 Å². The van der Waals surface area contributed by atoms with Crippen molar-refractivity contribution in [3.8, 4) is 22.8 Å². The van der Waals surface area contributed by atoms with Gasteiger partial charge in [-0.05, 0) is 55.8 Å². The Morgan fingerprint density at radius 3 is 2.65 bits per heavy atom. The Morgan fingerprint density at radius 2 is 1.92 bits per heavy atom. The smallest absolute Gasteiger partial charge is 0.162 e. The molecule has 0 radical (unpaired) electrons. The molecular weight excluding hydrogens is 329 g/mol. The van der Waals surface area contributed by atoms with Crippen molar-refractivity contribution < 1.29 is 4.39 Å². The summed E-state index contributed by atoms with van der Waals surface area (Å²) in [5.41, 5.74) is 2.29. The first-order valence-corrected chi connectivity index (χ1v) is 8.81. The van der Waals surface area contributed by atoms with Crippen LogP contribution in [0.2, 0.25) is 0 Å². The molecule has 3 heterocycles. The van der Waals surface area contributed by atoms with E-state index in [9.17, 15) is 4.39 Å². The highest BCUT2D eigenvalue weighted by Crippen LogP contribution is 2.24. The number of hydrogen-bond acceptors (Lipinski definition) is 5. The highest BCUT2D eigenvalue weighted by molar-refractivity contribution is 5.65. The molecule has 1 aliphatic heterocycles. The summed E-state index contributed by atoms with van der Waals surface area (Å²) < 4.78 is 13.3. The number of anilines is 1. The zero-order chi connectivity index (χ0) is 17.8. The number of nitrogens with one attached hydrogen (secondary N) is 2. The van der Waals surface area contributed by atoms with E-state index in [2.05, 4.69) is 25.6 Å². The molecule has 1 saturated heterocycles. The third kappa shape index (κ3) is 3.86. The topological polar surface area (TPSA) is 62.7 Å². The van der Waals surface area contributed by atoms with Crippen molar-refractivity contribution in [2.75, 3.05) is 18.4 Å². The highest BCUT2D eigenvalue weighted by Gasteiger charge is 2.15. The van der Waals surface area contributed by atoms with Gasteiger partial charge in [0.25, 0.3) is 0 Å². The van der Waals surface area contributed by atoms with Crippen molar-refractivity contribution in [1.29, 1.82) is 0 Å². The molecule has 4 rings (SSSR count). The Morgan fingerprint density at radius 1 is 1.04 bits per heavy atom. The summed E-state index contributed by atoms with van der Waals surface area (Å²) >= 11 is 0.